The van der Waals surface area contributed by atoms with Crippen molar-refractivity contribution in [1.29, 1.82) is 0 Å². The molecule has 1 N–H and O–H groups in total. The minimum Gasteiger partial charge on any atom is -0.313 e. The van der Waals surface area contributed by atoms with Gasteiger partial charge >= 0.3 is 0 Å². The largest absolute Gasteiger partial charge is 0.313 e. The molecule has 1 unspecified atom stereocenters. The second-order valence-corrected chi connectivity index (χ2v) is 4.77. The minimum atomic E-state index is 0.318. The normalized spacial score (nSPS) is 12.4. The van der Waals surface area contributed by atoms with E-state index in [0.717, 1.165) is 6.42 Å². The lowest BCUT2D eigenvalue weighted by molar-refractivity contribution is 0.588. The van der Waals surface area contributed by atoms with Crippen molar-refractivity contribution >= 4 is 0 Å². The second kappa shape index (κ2) is 5.78. The number of aryl methyl sites for hydroxylation is 2. The van der Waals surface area contributed by atoms with E-state index >= 15 is 0 Å². The Morgan fingerprint density at radius 3 is 2.61 bits per heavy atom. The number of likely N-dealkylation sites (N-methyl/N-ethyl adjacent to an activating group) is 1. The van der Waals surface area contributed by atoms with Crippen LogP contribution in [-0.4, -0.2) is 12.0 Å². The van der Waals surface area contributed by atoms with Crippen LogP contribution in [0.5, 0.6) is 0 Å². The van der Waals surface area contributed by atoms with Crippen LogP contribution in [0.3, 0.4) is 0 Å². The van der Waals surface area contributed by atoms with Crippen molar-refractivity contribution in [3.63, 3.8) is 0 Å². The van der Waals surface area contributed by atoms with Gasteiger partial charge in [-0.3, -0.25) is 4.98 Å². The van der Waals surface area contributed by atoms with Crippen LogP contribution >= 0.6 is 0 Å². The Kier molecular flexibility index (Phi) is 4.11. The van der Waals surface area contributed by atoms with Crippen LogP contribution in [-0.2, 0) is 6.42 Å². The number of nitrogens with zero attached hydrogens (tertiary/aromatic N) is 1. The van der Waals surface area contributed by atoms with E-state index in [1.54, 1.807) is 0 Å². The molecule has 18 heavy (non-hydrogen) atoms. The first-order valence-electron chi connectivity index (χ1n) is 6.34. The highest BCUT2D eigenvalue weighted by Crippen LogP contribution is 2.20. The number of aromatic nitrogens is 1. The number of nitrogens with one attached hydrogen (secondary N) is 1. The van der Waals surface area contributed by atoms with Crippen LogP contribution < -0.4 is 5.32 Å². The monoisotopic (exact) mass is 240 g/mol. The quantitative estimate of drug-likeness (QED) is 0.887. The van der Waals surface area contributed by atoms with Crippen molar-refractivity contribution in [3.8, 4) is 0 Å². The summed E-state index contributed by atoms with van der Waals surface area (Å²) < 4.78 is 0. The van der Waals surface area contributed by atoms with Crippen LogP contribution in [0.15, 0.2) is 42.7 Å². The number of rotatable bonds is 4. The number of hydrogen-bond donors (Lipinski definition) is 1. The fourth-order valence-corrected chi connectivity index (χ4v) is 2.21. The topological polar surface area (TPSA) is 24.9 Å². The number of pyridine rings is 1. The number of benzene rings is 1. The summed E-state index contributed by atoms with van der Waals surface area (Å²) in [7, 11) is 2.01. The predicted octanol–water partition coefficient (Wildman–Crippen LogP) is 3.20. The third-order valence-electron chi connectivity index (χ3n) is 3.33. The number of hydrogen-bond acceptors (Lipinski definition) is 2. The lowest BCUT2D eigenvalue weighted by Gasteiger charge is -2.18. The molecule has 0 fully saturated rings. The van der Waals surface area contributed by atoms with E-state index in [2.05, 4.69) is 54.5 Å². The van der Waals surface area contributed by atoms with E-state index in [1.807, 2.05) is 19.4 Å². The van der Waals surface area contributed by atoms with Crippen molar-refractivity contribution < 1.29 is 0 Å². The first-order valence-corrected chi connectivity index (χ1v) is 6.34. The molecule has 1 aromatic carbocycles. The molecule has 94 valence electrons. The maximum Gasteiger partial charge on any atom is 0.0373 e. The van der Waals surface area contributed by atoms with Gasteiger partial charge in [-0.1, -0.05) is 30.3 Å². The highest BCUT2D eigenvalue weighted by atomic mass is 14.9. The average molecular weight is 240 g/mol. The van der Waals surface area contributed by atoms with E-state index in [0.29, 0.717) is 6.04 Å². The SMILES string of the molecule is CNC(Cc1ccccc1C)c1cncc(C)c1. The molecular weight excluding hydrogens is 220 g/mol. The molecule has 0 spiro atoms. The standard InChI is InChI=1S/C16H20N2/c1-12-8-15(11-18-10-12)16(17-3)9-14-7-5-4-6-13(14)2/h4-8,10-11,16-17H,9H2,1-3H3. The van der Waals surface area contributed by atoms with E-state index < -0.39 is 0 Å². The Labute approximate surface area is 109 Å². The Morgan fingerprint density at radius 1 is 1.17 bits per heavy atom. The van der Waals surface area contributed by atoms with E-state index in [1.165, 1.54) is 22.3 Å². The molecule has 0 bridgehead atoms. The molecule has 1 heterocycles. The van der Waals surface area contributed by atoms with Gasteiger partial charge < -0.3 is 5.32 Å². The smallest absolute Gasteiger partial charge is 0.0373 e. The highest BCUT2D eigenvalue weighted by molar-refractivity contribution is 5.29. The summed E-state index contributed by atoms with van der Waals surface area (Å²) in [5, 5.41) is 3.38. The molecule has 0 aliphatic rings. The maximum atomic E-state index is 4.28. The molecule has 0 amide bonds. The van der Waals surface area contributed by atoms with Gasteiger partial charge in [0.25, 0.3) is 0 Å². The van der Waals surface area contributed by atoms with Gasteiger partial charge in [-0.05, 0) is 49.6 Å². The Bertz CT molecular complexity index is 520. The van der Waals surface area contributed by atoms with E-state index in [4.69, 9.17) is 0 Å². The van der Waals surface area contributed by atoms with Gasteiger partial charge in [-0.15, -0.1) is 0 Å². The molecule has 0 saturated carbocycles. The van der Waals surface area contributed by atoms with Crippen LogP contribution in [0.25, 0.3) is 0 Å². The summed E-state index contributed by atoms with van der Waals surface area (Å²) in [5.74, 6) is 0. The van der Waals surface area contributed by atoms with E-state index in [-0.39, 0.29) is 0 Å². The van der Waals surface area contributed by atoms with Crippen LogP contribution in [0.1, 0.15) is 28.3 Å². The lowest BCUT2D eigenvalue weighted by atomic mass is 9.96. The summed E-state index contributed by atoms with van der Waals surface area (Å²) in [6.45, 7) is 4.24. The van der Waals surface area contributed by atoms with Gasteiger partial charge in [0, 0.05) is 18.4 Å². The lowest BCUT2D eigenvalue weighted by Crippen LogP contribution is -2.19. The molecule has 0 radical (unpaired) electrons. The Hall–Kier alpha value is -1.67. The molecule has 2 rings (SSSR count). The van der Waals surface area contributed by atoms with Gasteiger partial charge in [0.05, 0.1) is 0 Å². The van der Waals surface area contributed by atoms with Crippen LogP contribution in [0, 0.1) is 13.8 Å². The van der Waals surface area contributed by atoms with Crippen molar-refractivity contribution in [1.82, 2.24) is 10.3 Å². The third-order valence-corrected chi connectivity index (χ3v) is 3.33. The molecule has 1 aromatic heterocycles. The van der Waals surface area contributed by atoms with Crippen molar-refractivity contribution in [2.45, 2.75) is 26.3 Å². The molecule has 0 aliphatic heterocycles. The molecule has 1 atom stereocenters. The zero-order valence-corrected chi connectivity index (χ0v) is 11.3. The van der Waals surface area contributed by atoms with Gasteiger partial charge in [0.2, 0.25) is 0 Å². The molecular formula is C16H20N2. The zero-order valence-electron chi connectivity index (χ0n) is 11.3. The van der Waals surface area contributed by atoms with Crippen LogP contribution in [0.2, 0.25) is 0 Å². The summed E-state index contributed by atoms with van der Waals surface area (Å²) in [6.07, 6.45) is 4.84. The molecule has 2 aromatic rings. The van der Waals surface area contributed by atoms with Crippen LogP contribution in [0.4, 0.5) is 0 Å². The summed E-state index contributed by atoms with van der Waals surface area (Å²) in [5.41, 5.74) is 5.19. The zero-order chi connectivity index (χ0) is 13.0. The summed E-state index contributed by atoms with van der Waals surface area (Å²) in [6, 6.07) is 11.1. The Balaban J connectivity index is 2.23. The summed E-state index contributed by atoms with van der Waals surface area (Å²) >= 11 is 0. The Morgan fingerprint density at radius 2 is 1.94 bits per heavy atom. The fraction of sp³-hybridized carbons (Fsp3) is 0.312. The van der Waals surface area contributed by atoms with Gasteiger partial charge in [-0.2, -0.15) is 0 Å². The van der Waals surface area contributed by atoms with Crippen molar-refractivity contribution in [3.05, 3.63) is 65.0 Å². The fourth-order valence-electron chi connectivity index (χ4n) is 2.21. The molecule has 2 nitrogen and oxygen atoms in total. The van der Waals surface area contributed by atoms with Gasteiger partial charge in [-0.25, -0.2) is 0 Å². The average Bonchev–Trinajstić information content (AvgIpc) is 2.38. The second-order valence-electron chi connectivity index (χ2n) is 4.77. The van der Waals surface area contributed by atoms with Gasteiger partial charge in [0.15, 0.2) is 0 Å². The van der Waals surface area contributed by atoms with Gasteiger partial charge in [0.1, 0.15) is 0 Å². The molecule has 2 heteroatoms. The first kappa shape index (κ1) is 12.8. The highest BCUT2D eigenvalue weighted by Gasteiger charge is 2.11. The van der Waals surface area contributed by atoms with E-state index in [9.17, 15) is 0 Å². The maximum absolute atomic E-state index is 4.28. The first-order chi connectivity index (χ1) is 8.70. The third kappa shape index (κ3) is 2.96. The van der Waals surface area contributed by atoms with Crippen molar-refractivity contribution in [2.24, 2.45) is 0 Å². The summed E-state index contributed by atoms with van der Waals surface area (Å²) in [4.78, 5) is 4.28. The van der Waals surface area contributed by atoms with Crippen molar-refractivity contribution in [2.75, 3.05) is 7.05 Å². The molecule has 0 saturated heterocycles. The predicted molar refractivity (Wildman–Crippen MR) is 75.7 cm³/mol. The molecule has 0 aliphatic carbocycles. The minimum absolute atomic E-state index is 0.318.